The molecule has 7 nitrogen and oxygen atoms in total. The van der Waals surface area contributed by atoms with Crippen LogP contribution >= 0.6 is 0 Å². The highest BCUT2D eigenvalue weighted by atomic mass is 16.5. The maximum absolute atomic E-state index is 12.4. The SMILES string of the molecule is O=C(NC1CCC(n2nc3c(cc2=O)CCC3)CC1)N1CCOCC1. The maximum Gasteiger partial charge on any atom is 0.317 e. The van der Waals surface area contributed by atoms with E-state index in [4.69, 9.17) is 4.74 Å². The zero-order chi connectivity index (χ0) is 17.2. The zero-order valence-corrected chi connectivity index (χ0v) is 14.6. The number of nitrogens with zero attached hydrogens (tertiary/aromatic N) is 3. The van der Waals surface area contributed by atoms with Gasteiger partial charge in [0.1, 0.15) is 0 Å². The molecule has 0 spiro atoms. The molecule has 1 aromatic heterocycles. The Morgan fingerprint density at radius 1 is 1.16 bits per heavy atom. The number of amides is 2. The van der Waals surface area contributed by atoms with Crippen molar-refractivity contribution in [2.75, 3.05) is 26.3 Å². The van der Waals surface area contributed by atoms with Gasteiger partial charge in [0.05, 0.1) is 24.9 Å². The van der Waals surface area contributed by atoms with E-state index in [1.165, 1.54) is 0 Å². The van der Waals surface area contributed by atoms with Crippen LogP contribution in [0.4, 0.5) is 4.79 Å². The molecule has 1 aliphatic heterocycles. The molecule has 1 saturated heterocycles. The second-order valence-corrected chi connectivity index (χ2v) is 7.31. The first-order valence-electron chi connectivity index (χ1n) is 9.45. The molecule has 2 aliphatic carbocycles. The summed E-state index contributed by atoms with van der Waals surface area (Å²) in [5.41, 5.74) is 2.26. The zero-order valence-electron chi connectivity index (χ0n) is 14.6. The number of carbonyl (C=O) groups is 1. The van der Waals surface area contributed by atoms with Crippen molar-refractivity contribution in [1.29, 1.82) is 0 Å². The van der Waals surface area contributed by atoms with E-state index in [9.17, 15) is 9.59 Å². The second-order valence-electron chi connectivity index (χ2n) is 7.31. The molecule has 7 heteroatoms. The summed E-state index contributed by atoms with van der Waals surface area (Å²) in [4.78, 5) is 26.5. The molecule has 1 saturated carbocycles. The van der Waals surface area contributed by atoms with Gasteiger partial charge in [-0.3, -0.25) is 4.79 Å². The highest BCUT2D eigenvalue weighted by molar-refractivity contribution is 5.74. The van der Waals surface area contributed by atoms with Crippen LogP contribution in [0.5, 0.6) is 0 Å². The average molecular weight is 346 g/mol. The van der Waals surface area contributed by atoms with Gasteiger partial charge in [-0.2, -0.15) is 5.10 Å². The number of ether oxygens (including phenoxy) is 1. The first kappa shape index (κ1) is 16.6. The van der Waals surface area contributed by atoms with Gasteiger partial charge in [0, 0.05) is 25.2 Å². The van der Waals surface area contributed by atoms with Crippen molar-refractivity contribution < 1.29 is 9.53 Å². The predicted molar refractivity (Wildman–Crippen MR) is 92.7 cm³/mol. The summed E-state index contributed by atoms with van der Waals surface area (Å²) in [6.45, 7) is 2.56. The summed E-state index contributed by atoms with van der Waals surface area (Å²) >= 11 is 0. The lowest BCUT2D eigenvalue weighted by Crippen LogP contribution is -2.50. The summed E-state index contributed by atoms with van der Waals surface area (Å²) in [6.07, 6.45) is 6.64. The summed E-state index contributed by atoms with van der Waals surface area (Å²) in [6, 6.07) is 2.15. The number of urea groups is 1. The molecule has 3 aliphatic rings. The molecule has 0 aromatic carbocycles. The summed E-state index contributed by atoms with van der Waals surface area (Å²) < 4.78 is 6.98. The molecule has 136 valence electrons. The first-order valence-corrected chi connectivity index (χ1v) is 9.45. The lowest BCUT2D eigenvalue weighted by atomic mass is 9.91. The maximum atomic E-state index is 12.4. The number of hydrogen-bond donors (Lipinski definition) is 1. The van der Waals surface area contributed by atoms with Gasteiger partial charge in [-0.05, 0) is 50.5 Å². The lowest BCUT2D eigenvalue weighted by Gasteiger charge is -2.33. The van der Waals surface area contributed by atoms with Crippen molar-refractivity contribution in [3.63, 3.8) is 0 Å². The van der Waals surface area contributed by atoms with E-state index >= 15 is 0 Å². The Labute approximate surface area is 147 Å². The number of morpholine rings is 1. The number of hydrogen-bond acceptors (Lipinski definition) is 4. The normalized spacial score (nSPS) is 26.3. The average Bonchev–Trinajstić information content (AvgIpc) is 3.09. The van der Waals surface area contributed by atoms with E-state index in [2.05, 4.69) is 10.4 Å². The van der Waals surface area contributed by atoms with Crippen LogP contribution in [0.1, 0.15) is 49.4 Å². The molecule has 2 amide bonds. The number of aryl methyl sites for hydroxylation is 2. The number of fused-ring (bicyclic) bond motifs is 1. The minimum absolute atomic E-state index is 0.0135. The van der Waals surface area contributed by atoms with Crippen molar-refractivity contribution in [1.82, 2.24) is 20.0 Å². The number of aromatic nitrogens is 2. The Morgan fingerprint density at radius 3 is 2.68 bits per heavy atom. The van der Waals surface area contributed by atoms with Crippen LogP contribution in [0.2, 0.25) is 0 Å². The molecule has 25 heavy (non-hydrogen) atoms. The van der Waals surface area contributed by atoms with Crippen LogP contribution in [-0.2, 0) is 17.6 Å². The van der Waals surface area contributed by atoms with Gasteiger partial charge in [0.25, 0.3) is 5.56 Å². The van der Waals surface area contributed by atoms with Gasteiger partial charge in [-0.1, -0.05) is 0 Å². The standard InChI is InChI=1S/C18H26N4O3/c23-17-12-13-2-1-3-16(13)20-22(17)15-6-4-14(5-7-15)19-18(24)21-8-10-25-11-9-21/h12,14-15H,1-11H2,(H,19,24). The van der Waals surface area contributed by atoms with Crippen molar-refractivity contribution in [3.05, 3.63) is 27.7 Å². The minimum Gasteiger partial charge on any atom is -0.378 e. The summed E-state index contributed by atoms with van der Waals surface area (Å²) in [7, 11) is 0. The van der Waals surface area contributed by atoms with E-state index < -0.39 is 0 Å². The highest BCUT2D eigenvalue weighted by Gasteiger charge is 2.27. The molecule has 2 fully saturated rings. The molecule has 0 atom stereocenters. The molecule has 1 aromatic rings. The molecule has 0 unspecified atom stereocenters. The molecule has 0 radical (unpaired) electrons. The smallest absolute Gasteiger partial charge is 0.317 e. The van der Waals surface area contributed by atoms with Gasteiger partial charge in [0.2, 0.25) is 0 Å². The Hall–Kier alpha value is -1.89. The van der Waals surface area contributed by atoms with Crippen LogP contribution in [-0.4, -0.2) is 53.1 Å². The number of nitrogens with one attached hydrogen (secondary N) is 1. The fourth-order valence-electron chi connectivity index (χ4n) is 4.17. The lowest BCUT2D eigenvalue weighted by molar-refractivity contribution is 0.0519. The third-order valence-corrected chi connectivity index (χ3v) is 5.65. The topological polar surface area (TPSA) is 76.5 Å². The Morgan fingerprint density at radius 2 is 1.92 bits per heavy atom. The molecule has 2 heterocycles. The summed E-state index contributed by atoms with van der Waals surface area (Å²) in [5.74, 6) is 0. The van der Waals surface area contributed by atoms with Crippen LogP contribution in [0.25, 0.3) is 0 Å². The van der Waals surface area contributed by atoms with Gasteiger partial charge < -0.3 is 15.0 Å². The Bertz CT molecular complexity index is 688. The van der Waals surface area contributed by atoms with Crippen molar-refractivity contribution >= 4 is 6.03 Å². The monoisotopic (exact) mass is 346 g/mol. The third kappa shape index (κ3) is 3.56. The van der Waals surface area contributed by atoms with E-state index in [1.54, 1.807) is 10.7 Å². The van der Waals surface area contributed by atoms with Gasteiger partial charge in [0.15, 0.2) is 0 Å². The van der Waals surface area contributed by atoms with Crippen molar-refractivity contribution in [3.8, 4) is 0 Å². The first-order chi connectivity index (χ1) is 12.2. The molecular weight excluding hydrogens is 320 g/mol. The molecule has 0 bridgehead atoms. The second kappa shape index (κ2) is 7.15. The van der Waals surface area contributed by atoms with Crippen molar-refractivity contribution in [2.45, 2.75) is 57.0 Å². The Balaban J connectivity index is 1.34. The quantitative estimate of drug-likeness (QED) is 0.875. The van der Waals surface area contributed by atoms with Crippen molar-refractivity contribution in [2.24, 2.45) is 0 Å². The Kier molecular flexibility index (Phi) is 4.74. The van der Waals surface area contributed by atoms with E-state index in [-0.39, 0.29) is 23.7 Å². The van der Waals surface area contributed by atoms with E-state index in [0.717, 1.165) is 56.2 Å². The van der Waals surface area contributed by atoms with Crippen LogP contribution in [0, 0.1) is 0 Å². The molecule has 4 rings (SSSR count). The predicted octanol–water partition coefficient (Wildman–Crippen LogP) is 1.26. The number of carbonyl (C=O) groups excluding carboxylic acids is 1. The molecular formula is C18H26N4O3. The molecule has 1 N–H and O–H groups in total. The van der Waals surface area contributed by atoms with E-state index in [0.29, 0.717) is 26.3 Å². The fraction of sp³-hybridized carbons (Fsp3) is 0.722. The van der Waals surface area contributed by atoms with Crippen LogP contribution < -0.4 is 10.9 Å². The summed E-state index contributed by atoms with van der Waals surface area (Å²) in [5, 5.41) is 7.77. The largest absolute Gasteiger partial charge is 0.378 e. The minimum atomic E-state index is 0.0135. The van der Waals surface area contributed by atoms with Gasteiger partial charge in [-0.25, -0.2) is 9.48 Å². The number of rotatable bonds is 2. The third-order valence-electron chi connectivity index (χ3n) is 5.65. The van der Waals surface area contributed by atoms with Crippen LogP contribution in [0.3, 0.4) is 0 Å². The van der Waals surface area contributed by atoms with Gasteiger partial charge in [-0.15, -0.1) is 0 Å². The van der Waals surface area contributed by atoms with Crippen LogP contribution in [0.15, 0.2) is 10.9 Å². The van der Waals surface area contributed by atoms with Gasteiger partial charge >= 0.3 is 6.03 Å². The van der Waals surface area contributed by atoms with E-state index in [1.807, 2.05) is 4.90 Å². The highest BCUT2D eigenvalue weighted by Crippen LogP contribution is 2.28. The fourth-order valence-corrected chi connectivity index (χ4v) is 4.17.